The van der Waals surface area contributed by atoms with Gasteiger partial charge in [-0.1, -0.05) is 30.3 Å². The molecule has 1 saturated heterocycles. The molecule has 1 aliphatic heterocycles. The molecule has 0 unspecified atom stereocenters. The van der Waals surface area contributed by atoms with Gasteiger partial charge in [0.2, 0.25) is 5.91 Å². The minimum Gasteiger partial charge on any atom is -0.490 e. The molecule has 26 heavy (non-hydrogen) atoms. The number of carbonyl (C=O) groups is 2. The third kappa shape index (κ3) is 4.85. The summed E-state index contributed by atoms with van der Waals surface area (Å²) in [6.45, 7) is 1.43. The number of carboxylic acid groups (broad SMARTS) is 1. The number of likely N-dealkylation sites (tertiary alicyclic amines) is 1. The molecule has 0 aliphatic carbocycles. The number of carbonyl (C=O) groups excluding carboxylic acids is 1. The first-order valence-corrected chi connectivity index (χ1v) is 8.93. The molecule has 2 aromatic rings. The number of nitrogens with zero attached hydrogens (tertiary/aromatic N) is 1. The Morgan fingerprint density at radius 2 is 1.65 bits per heavy atom. The van der Waals surface area contributed by atoms with Crippen LogP contribution < -0.4 is 4.74 Å². The SMILES string of the molecule is O=C(O)c1ccc(CCC(=O)N2CCC(Oc3ccccc3)CC2)cc1. The Bertz CT molecular complexity index is 734. The average molecular weight is 353 g/mol. The highest BCUT2D eigenvalue weighted by molar-refractivity contribution is 5.87. The Hall–Kier alpha value is -2.82. The van der Waals surface area contributed by atoms with Crippen LogP contribution in [-0.4, -0.2) is 41.1 Å². The number of amides is 1. The van der Waals surface area contributed by atoms with Crippen molar-refractivity contribution in [2.75, 3.05) is 13.1 Å². The molecular formula is C21H23NO4. The van der Waals surface area contributed by atoms with E-state index in [0.29, 0.717) is 25.9 Å². The van der Waals surface area contributed by atoms with Crippen molar-refractivity contribution in [1.82, 2.24) is 4.90 Å². The first-order chi connectivity index (χ1) is 12.6. The lowest BCUT2D eigenvalue weighted by molar-refractivity contribution is -0.132. The van der Waals surface area contributed by atoms with E-state index in [1.807, 2.05) is 35.2 Å². The lowest BCUT2D eigenvalue weighted by Gasteiger charge is -2.32. The molecule has 2 aromatic carbocycles. The number of hydrogen-bond donors (Lipinski definition) is 1. The first kappa shape index (κ1) is 18.0. The third-order valence-electron chi connectivity index (χ3n) is 4.67. The molecule has 3 rings (SSSR count). The van der Waals surface area contributed by atoms with E-state index in [1.165, 1.54) is 0 Å². The Morgan fingerprint density at radius 1 is 1.00 bits per heavy atom. The highest BCUT2D eigenvalue weighted by atomic mass is 16.5. The molecule has 0 radical (unpaired) electrons. The molecule has 0 saturated carbocycles. The number of piperidine rings is 1. The van der Waals surface area contributed by atoms with Crippen LogP contribution in [-0.2, 0) is 11.2 Å². The van der Waals surface area contributed by atoms with Crippen LogP contribution in [0.2, 0.25) is 0 Å². The maximum Gasteiger partial charge on any atom is 0.335 e. The van der Waals surface area contributed by atoms with Crippen molar-refractivity contribution in [3.8, 4) is 5.75 Å². The lowest BCUT2D eigenvalue weighted by Crippen LogP contribution is -2.41. The normalized spacial score (nSPS) is 14.8. The van der Waals surface area contributed by atoms with E-state index < -0.39 is 5.97 Å². The van der Waals surface area contributed by atoms with Gasteiger partial charge in [0.25, 0.3) is 0 Å². The van der Waals surface area contributed by atoms with Crippen molar-refractivity contribution < 1.29 is 19.4 Å². The van der Waals surface area contributed by atoms with E-state index in [-0.39, 0.29) is 17.6 Å². The average Bonchev–Trinajstić information content (AvgIpc) is 2.68. The van der Waals surface area contributed by atoms with Gasteiger partial charge in [0.15, 0.2) is 0 Å². The van der Waals surface area contributed by atoms with Gasteiger partial charge in [-0.2, -0.15) is 0 Å². The molecule has 1 fully saturated rings. The summed E-state index contributed by atoms with van der Waals surface area (Å²) in [7, 11) is 0. The first-order valence-electron chi connectivity index (χ1n) is 8.93. The molecule has 1 heterocycles. The van der Waals surface area contributed by atoms with Crippen LogP contribution in [0.25, 0.3) is 0 Å². The van der Waals surface area contributed by atoms with E-state index in [4.69, 9.17) is 9.84 Å². The molecular weight excluding hydrogens is 330 g/mol. The minimum atomic E-state index is -0.937. The van der Waals surface area contributed by atoms with E-state index in [2.05, 4.69) is 0 Å². The van der Waals surface area contributed by atoms with Gasteiger partial charge in [0, 0.05) is 32.4 Å². The topological polar surface area (TPSA) is 66.8 Å². The summed E-state index contributed by atoms with van der Waals surface area (Å²) in [5.74, 6) is 0.0841. The van der Waals surface area contributed by atoms with Crippen LogP contribution in [0.3, 0.4) is 0 Å². The fourth-order valence-corrected chi connectivity index (χ4v) is 3.14. The van der Waals surface area contributed by atoms with Gasteiger partial charge in [0.1, 0.15) is 11.9 Å². The predicted molar refractivity (Wildman–Crippen MR) is 98.4 cm³/mol. The zero-order chi connectivity index (χ0) is 18.4. The van der Waals surface area contributed by atoms with Gasteiger partial charge in [-0.25, -0.2) is 4.79 Å². The molecule has 0 bridgehead atoms. The Kier molecular flexibility index (Phi) is 5.89. The molecule has 1 amide bonds. The smallest absolute Gasteiger partial charge is 0.335 e. The monoisotopic (exact) mass is 353 g/mol. The van der Waals surface area contributed by atoms with Crippen molar-refractivity contribution in [2.45, 2.75) is 31.8 Å². The van der Waals surface area contributed by atoms with Gasteiger partial charge in [0.05, 0.1) is 5.56 Å². The maximum atomic E-state index is 12.4. The molecule has 0 atom stereocenters. The number of carboxylic acids is 1. The highest BCUT2D eigenvalue weighted by Gasteiger charge is 2.23. The minimum absolute atomic E-state index is 0.144. The molecule has 1 N–H and O–H groups in total. The Balaban J connectivity index is 1.42. The van der Waals surface area contributed by atoms with E-state index in [1.54, 1.807) is 24.3 Å². The summed E-state index contributed by atoms with van der Waals surface area (Å²) < 4.78 is 5.96. The largest absolute Gasteiger partial charge is 0.490 e. The lowest BCUT2D eigenvalue weighted by atomic mass is 10.0. The zero-order valence-electron chi connectivity index (χ0n) is 14.6. The number of hydrogen-bond acceptors (Lipinski definition) is 3. The van der Waals surface area contributed by atoms with Gasteiger partial charge >= 0.3 is 5.97 Å². The summed E-state index contributed by atoms with van der Waals surface area (Å²) in [5, 5.41) is 8.91. The fraction of sp³-hybridized carbons (Fsp3) is 0.333. The summed E-state index contributed by atoms with van der Waals surface area (Å²) in [6.07, 6.45) is 2.91. The molecule has 1 aliphatic rings. The second kappa shape index (κ2) is 8.52. The standard InChI is InChI=1S/C21H23NO4/c23-20(11-8-16-6-9-17(10-7-16)21(24)25)22-14-12-19(13-15-22)26-18-4-2-1-3-5-18/h1-7,9-10,19H,8,11-15H2,(H,24,25). The maximum absolute atomic E-state index is 12.4. The van der Waals surface area contributed by atoms with Crippen molar-refractivity contribution >= 4 is 11.9 Å². The molecule has 0 spiro atoms. The van der Waals surface area contributed by atoms with Gasteiger partial charge in [-0.15, -0.1) is 0 Å². The predicted octanol–water partition coefficient (Wildman–Crippen LogP) is 3.39. The molecule has 0 aromatic heterocycles. The second-order valence-corrected chi connectivity index (χ2v) is 6.51. The van der Waals surface area contributed by atoms with Crippen LogP contribution in [0, 0.1) is 0 Å². The Morgan fingerprint density at radius 3 is 2.27 bits per heavy atom. The van der Waals surface area contributed by atoms with Crippen LogP contribution in [0.15, 0.2) is 54.6 Å². The number of para-hydroxylation sites is 1. The number of ether oxygens (including phenoxy) is 1. The Labute approximate surface area is 153 Å². The number of benzene rings is 2. The van der Waals surface area contributed by atoms with Gasteiger partial charge in [-0.3, -0.25) is 4.79 Å². The molecule has 5 heteroatoms. The van der Waals surface area contributed by atoms with Gasteiger partial charge in [-0.05, 0) is 36.2 Å². The van der Waals surface area contributed by atoms with Crippen LogP contribution in [0.4, 0.5) is 0 Å². The van der Waals surface area contributed by atoms with Gasteiger partial charge < -0.3 is 14.7 Å². The summed E-state index contributed by atoms with van der Waals surface area (Å²) in [5.41, 5.74) is 1.24. The van der Waals surface area contributed by atoms with Crippen molar-refractivity contribution in [1.29, 1.82) is 0 Å². The van der Waals surface area contributed by atoms with Crippen molar-refractivity contribution in [2.24, 2.45) is 0 Å². The summed E-state index contributed by atoms with van der Waals surface area (Å²) >= 11 is 0. The summed E-state index contributed by atoms with van der Waals surface area (Å²) in [4.78, 5) is 25.2. The summed E-state index contributed by atoms with van der Waals surface area (Å²) in [6, 6.07) is 16.5. The quantitative estimate of drug-likeness (QED) is 0.864. The zero-order valence-corrected chi connectivity index (χ0v) is 14.6. The number of aromatic carboxylic acids is 1. The number of aryl methyl sites for hydroxylation is 1. The van der Waals surface area contributed by atoms with Crippen LogP contribution in [0.1, 0.15) is 35.2 Å². The fourth-order valence-electron chi connectivity index (χ4n) is 3.14. The molecule has 136 valence electrons. The van der Waals surface area contributed by atoms with E-state index in [9.17, 15) is 9.59 Å². The third-order valence-corrected chi connectivity index (χ3v) is 4.67. The van der Waals surface area contributed by atoms with Crippen LogP contribution >= 0.6 is 0 Å². The van der Waals surface area contributed by atoms with E-state index in [0.717, 1.165) is 24.2 Å². The van der Waals surface area contributed by atoms with Crippen LogP contribution in [0.5, 0.6) is 5.75 Å². The van der Waals surface area contributed by atoms with E-state index >= 15 is 0 Å². The number of rotatable bonds is 6. The molecule has 5 nitrogen and oxygen atoms in total. The van der Waals surface area contributed by atoms with Crippen molar-refractivity contribution in [3.05, 3.63) is 65.7 Å². The highest BCUT2D eigenvalue weighted by Crippen LogP contribution is 2.19. The van der Waals surface area contributed by atoms with Crippen molar-refractivity contribution in [3.63, 3.8) is 0 Å². The second-order valence-electron chi connectivity index (χ2n) is 6.51.